The third kappa shape index (κ3) is 2.73. The van der Waals surface area contributed by atoms with E-state index < -0.39 is 24.9 Å². The van der Waals surface area contributed by atoms with Gasteiger partial charge in [0.2, 0.25) is 0 Å². The van der Waals surface area contributed by atoms with Gasteiger partial charge in [0.15, 0.2) is 0 Å². The molecule has 0 amide bonds. The zero-order valence-corrected chi connectivity index (χ0v) is 8.78. The molecule has 0 aromatic carbocycles. The highest BCUT2D eigenvalue weighted by molar-refractivity contribution is 6.58. The maximum atomic E-state index is 12.6. The number of hydrogen-bond acceptors (Lipinski definition) is 3. The van der Waals surface area contributed by atoms with E-state index in [0.717, 1.165) is 12.3 Å². The molecule has 0 aliphatic heterocycles. The summed E-state index contributed by atoms with van der Waals surface area (Å²) in [5.41, 5.74) is -1.07. The fraction of sp³-hybridized carbons (Fsp3) is 0.444. The minimum atomic E-state index is -4.53. The van der Waals surface area contributed by atoms with Crippen LogP contribution in [-0.4, -0.2) is 22.2 Å². The van der Waals surface area contributed by atoms with Crippen molar-refractivity contribution >= 4 is 12.6 Å². The number of rotatable bonds is 2. The zero-order valence-electron chi connectivity index (χ0n) is 8.78. The molecule has 0 unspecified atom stereocenters. The van der Waals surface area contributed by atoms with Crippen molar-refractivity contribution in [2.24, 2.45) is 0 Å². The van der Waals surface area contributed by atoms with Crippen LogP contribution in [0.2, 0.25) is 0 Å². The Morgan fingerprint density at radius 3 is 2.25 bits per heavy atom. The molecular weight excluding hydrogens is 222 g/mol. The summed E-state index contributed by atoms with van der Waals surface area (Å²) in [6, 6.07) is 1.12. The lowest BCUT2D eigenvalue weighted by atomic mass is 9.79. The Balaban J connectivity index is 3.31. The Labute approximate surface area is 91.1 Å². The van der Waals surface area contributed by atoms with Crippen LogP contribution >= 0.6 is 0 Å². The molecule has 0 aliphatic carbocycles. The molecule has 0 atom stereocenters. The van der Waals surface area contributed by atoms with Crippen molar-refractivity contribution in [3.63, 3.8) is 0 Å². The van der Waals surface area contributed by atoms with Gasteiger partial charge in [-0.05, 0) is 11.5 Å². The fourth-order valence-electron chi connectivity index (χ4n) is 1.32. The van der Waals surface area contributed by atoms with Crippen LogP contribution in [0.3, 0.4) is 0 Å². The van der Waals surface area contributed by atoms with Gasteiger partial charge in [-0.15, -0.1) is 0 Å². The number of aromatic nitrogens is 1. The lowest BCUT2D eigenvalue weighted by Gasteiger charge is -2.15. The van der Waals surface area contributed by atoms with Crippen molar-refractivity contribution < 1.29 is 23.2 Å². The van der Waals surface area contributed by atoms with Crippen molar-refractivity contribution in [2.75, 3.05) is 0 Å². The van der Waals surface area contributed by atoms with E-state index in [9.17, 15) is 13.2 Å². The molecule has 0 fully saturated rings. The van der Waals surface area contributed by atoms with E-state index >= 15 is 0 Å². The van der Waals surface area contributed by atoms with E-state index in [1.54, 1.807) is 13.8 Å². The average molecular weight is 233 g/mol. The maximum absolute atomic E-state index is 12.6. The minimum absolute atomic E-state index is 0.0434. The van der Waals surface area contributed by atoms with E-state index in [-0.39, 0.29) is 11.0 Å². The monoisotopic (exact) mass is 233 g/mol. The molecule has 88 valence electrons. The number of pyridine rings is 1. The number of hydrogen-bond donors (Lipinski definition) is 2. The third-order valence-electron chi connectivity index (χ3n) is 2.13. The highest BCUT2D eigenvalue weighted by Crippen LogP contribution is 2.32. The van der Waals surface area contributed by atoms with Crippen LogP contribution in [-0.2, 0) is 6.18 Å². The molecule has 0 aliphatic rings. The van der Waals surface area contributed by atoms with Crippen LogP contribution in [0.4, 0.5) is 13.2 Å². The quantitative estimate of drug-likeness (QED) is 0.746. The molecule has 0 saturated carbocycles. The van der Waals surface area contributed by atoms with Crippen LogP contribution in [0.15, 0.2) is 12.3 Å². The van der Waals surface area contributed by atoms with Crippen molar-refractivity contribution in [1.82, 2.24) is 4.98 Å². The summed E-state index contributed by atoms with van der Waals surface area (Å²) >= 11 is 0. The van der Waals surface area contributed by atoms with E-state index in [0.29, 0.717) is 0 Å². The smallest absolute Gasteiger partial charge is 0.423 e. The van der Waals surface area contributed by atoms with Gasteiger partial charge in [-0.2, -0.15) is 13.2 Å². The molecule has 0 saturated heterocycles. The largest absolute Gasteiger partial charge is 0.490 e. The minimum Gasteiger partial charge on any atom is -0.423 e. The summed E-state index contributed by atoms with van der Waals surface area (Å²) in [7, 11) is -1.81. The summed E-state index contributed by atoms with van der Waals surface area (Å²) in [5.74, 6) is -0.400. The van der Waals surface area contributed by atoms with Crippen molar-refractivity contribution in [3.8, 4) is 0 Å². The molecule has 3 nitrogen and oxygen atoms in total. The van der Waals surface area contributed by atoms with E-state index in [1.165, 1.54) is 0 Å². The third-order valence-corrected chi connectivity index (χ3v) is 2.13. The Hall–Kier alpha value is -1.08. The fourth-order valence-corrected chi connectivity index (χ4v) is 1.32. The predicted molar refractivity (Wildman–Crippen MR) is 53.2 cm³/mol. The summed E-state index contributed by atoms with van der Waals surface area (Å²) in [5, 5.41) is 17.7. The average Bonchev–Trinajstić information content (AvgIpc) is 2.15. The lowest BCUT2D eigenvalue weighted by Crippen LogP contribution is -2.32. The van der Waals surface area contributed by atoms with Gasteiger partial charge in [-0.1, -0.05) is 19.9 Å². The molecule has 1 aromatic rings. The molecule has 0 radical (unpaired) electrons. The Morgan fingerprint density at radius 2 is 1.88 bits per heavy atom. The van der Waals surface area contributed by atoms with Gasteiger partial charge in [0.25, 0.3) is 0 Å². The molecule has 2 N–H and O–H groups in total. The number of nitrogens with zero attached hydrogens (tertiary/aromatic N) is 1. The Kier molecular flexibility index (Phi) is 3.59. The van der Waals surface area contributed by atoms with E-state index in [2.05, 4.69) is 4.98 Å². The molecule has 7 heteroatoms. The number of alkyl halides is 3. The van der Waals surface area contributed by atoms with Gasteiger partial charge < -0.3 is 10.0 Å². The highest BCUT2D eigenvalue weighted by atomic mass is 19.4. The Bertz CT molecular complexity index is 380. The summed E-state index contributed by atoms with van der Waals surface area (Å²) in [6.07, 6.45) is -3.71. The van der Waals surface area contributed by atoms with Crippen molar-refractivity contribution in [2.45, 2.75) is 25.9 Å². The van der Waals surface area contributed by atoms with Gasteiger partial charge in [0, 0.05) is 11.7 Å². The van der Waals surface area contributed by atoms with Gasteiger partial charge in [0.1, 0.15) is 5.69 Å². The first kappa shape index (κ1) is 13.0. The first-order valence-corrected chi connectivity index (χ1v) is 4.66. The van der Waals surface area contributed by atoms with E-state index in [4.69, 9.17) is 10.0 Å². The second-order valence-electron chi connectivity index (χ2n) is 3.73. The topological polar surface area (TPSA) is 53.4 Å². The summed E-state index contributed by atoms with van der Waals surface area (Å²) < 4.78 is 37.7. The molecule has 0 bridgehead atoms. The van der Waals surface area contributed by atoms with Gasteiger partial charge in [-0.3, -0.25) is 4.98 Å². The van der Waals surface area contributed by atoms with Crippen LogP contribution < -0.4 is 5.46 Å². The van der Waals surface area contributed by atoms with Crippen LogP contribution in [0.5, 0.6) is 0 Å². The lowest BCUT2D eigenvalue weighted by molar-refractivity contribution is -0.141. The van der Waals surface area contributed by atoms with Gasteiger partial charge in [0.05, 0.1) is 0 Å². The van der Waals surface area contributed by atoms with Gasteiger partial charge >= 0.3 is 13.3 Å². The molecule has 1 aromatic heterocycles. The van der Waals surface area contributed by atoms with Crippen LogP contribution in [0.1, 0.15) is 31.0 Å². The number of halogens is 3. The zero-order chi connectivity index (χ0) is 12.5. The van der Waals surface area contributed by atoms with Crippen molar-refractivity contribution in [1.29, 1.82) is 0 Å². The standard InChI is InChI=1S/C9H11BF3NO2/c1-5(2)7-3-6(10(15)16)4-14-8(7)9(11,12)13/h3-5,15-16H,1-2H3. The normalized spacial score (nSPS) is 12.0. The SMILES string of the molecule is CC(C)c1cc(B(O)O)cnc1C(F)(F)F. The molecule has 1 heterocycles. The van der Waals surface area contributed by atoms with Gasteiger partial charge in [-0.25, -0.2) is 0 Å². The second kappa shape index (κ2) is 4.43. The van der Waals surface area contributed by atoms with Crippen LogP contribution in [0.25, 0.3) is 0 Å². The second-order valence-corrected chi connectivity index (χ2v) is 3.73. The first-order chi connectivity index (χ1) is 7.23. The maximum Gasteiger partial charge on any atom is 0.490 e. The predicted octanol–water partition coefficient (Wildman–Crippen LogP) is 0.904. The van der Waals surface area contributed by atoms with Crippen molar-refractivity contribution in [3.05, 3.63) is 23.5 Å². The summed E-state index contributed by atoms with van der Waals surface area (Å²) in [4.78, 5) is 3.25. The van der Waals surface area contributed by atoms with E-state index in [1.807, 2.05) is 0 Å². The molecule has 0 spiro atoms. The first-order valence-electron chi connectivity index (χ1n) is 4.66. The molecule has 1 rings (SSSR count). The molecular formula is C9H11BF3NO2. The Morgan fingerprint density at radius 1 is 1.31 bits per heavy atom. The molecule has 16 heavy (non-hydrogen) atoms. The summed E-state index contributed by atoms with van der Waals surface area (Å²) in [6.45, 7) is 3.17. The highest BCUT2D eigenvalue weighted by Gasteiger charge is 2.36. The van der Waals surface area contributed by atoms with Crippen LogP contribution in [0, 0.1) is 0 Å².